The summed E-state index contributed by atoms with van der Waals surface area (Å²) in [6.45, 7) is 0. The number of aromatic nitrogens is 2. The second-order valence-electron chi connectivity index (χ2n) is 5.84. The lowest BCUT2D eigenvalue weighted by Gasteiger charge is -2.17. The van der Waals surface area contributed by atoms with Crippen molar-refractivity contribution in [1.29, 1.82) is 0 Å². The van der Waals surface area contributed by atoms with E-state index in [4.69, 9.17) is 9.47 Å². The molecule has 0 saturated heterocycles. The third-order valence-corrected chi connectivity index (χ3v) is 4.11. The number of methoxy groups -OCH3 is 2. The normalized spacial score (nSPS) is 11.6. The van der Waals surface area contributed by atoms with Gasteiger partial charge in [-0.05, 0) is 18.2 Å². The first-order chi connectivity index (χ1) is 13.1. The van der Waals surface area contributed by atoms with Crippen molar-refractivity contribution < 1.29 is 19.1 Å². The molecule has 1 amide bonds. The number of hydrogen-bond donors (Lipinski definition) is 1. The van der Waals surface area contributed by atoms with Crippen molar-refractivity contribution in [2.75, 3.05) is 14.2 Å². The van der Waals surface area contributed by atoms with E-state index in [1.165, 1.54) is 20.4 Å². The number of rotatable bonds is 6. The Balaban J connectivity index is 1.82. The lowest BCUT2D eigenvalue weighted by atomic mass is 10.1. The molecular formula is C20H19N3O4. The number of carbonyl (C=O) groups is 2. The third-order valence-electron chi connectivity index (χ3n) is 4.11. The van der Waals surface area contributed by atoms with Crippen LogP contribution in [-0.4, -0.2) is 42.1 Å². The number of fused-ring (bicyclic) bond motifs is 1. The van der Waals surface area contributed by atoms with Gasteiger partial charge in [0, 0.05) is 29.8 Å². The Hall–Kier alpha value is -3.48. The fourth-order valence-corrected chi connectivity index (χ4v) is 2.76. The number of ether oxygens (including phenoxy) is 2. The Morgan fingerprint density at radius 3 is 2.70 bits per heavy atom. The van der Waals surface area contributed by atoms with Gasteiger partial charge in [-0.15, -0.1) is 0 Å². The molecular weight excluding hydrogens is 346 g/mol. The smallest absolute Gasteiger partial charge is 0.328 e. The average molecular weight is 365 g/mol. The zero-order chi connectivity index (χ0) is 19.2. The lowest BCUT2D eigenvalue weighted by Crippen LogP contribution is -2.43. The van der Waals surface area contributed by atoms with E-state index < -0.39 is 17.9 Å². The van der Waals surface area contributed by atoms with Crippen LogP contribution in [0, 0.1) is 0 Å². The van der Waals surface area contributed by atoms with Crippen molar-refractivity contribution in [2.24, 2.45) is 0 Å². The molecule has 0 fully saturated rings. The van der Waals surface area contributed by atoms with Crippen LogP contribution in [-0.2, 0) is 16.0 Å². The summed E-state index contributed by atoms with van der Waals surface area (Å²) >= 11 is 0. The number of esters is 1. The molecule has 0 bridgehead atoms. The predicted octanol–water partition coefficient (Wildman–Crippen LogP) is 2.15. The molecule has 0 saturated carbocycles. The highest BCUT2D eigenvalue weighted by Crippen LogP contribution is 2.17. The SMILES string of the molecule is COC(=O)[C@H](Cc1cccnc1OC)NC(=O)c1cnc2ccccc2c1. The maximum Gasteiger partial charge on any atom is 0.328 e. The summed E-state index contributed by atoms with van der Waals surface area (Å²) < 4.78 is 10.0. The van der Waals surface area contributed by atoms with Crippen LogP contribution in [0.1, 0.15) is 15.9 Å². The van der Waals surface area contributed by atoms with E-state index in [-0.39, 0.29) is 6.42 Å². The number of pyridine rings is 2. The molecule has 2 heterocycles. The number of nitrogens with one attached hydrogen (secondary N) is 1. The highest BCUT2D eigenvalue weighted by molar-refractivity contribution is 5.99. The molecule has 7 heteroatoms. The summed E-state index contributed by atoms with van der Waals surface area (Å²) in [5.41, 5.74) is 1.84. The van der Waals surface area contributed by atoms with Crippen molar-refractivity contribution in [3.8, 4) is 5.88 Å². The zero-order valence-electron chi connectivity index (χ0n) is 15.0. The van der Waals surface area contributed by atoms with Crippen LogP contribution in [0.5, 0.6) is 5.88 Å². The van der Waals surface area contributed by atoms with E-state index in [0.717, 1.165) is 10.9 Å². The first-order valence-electron chi connectivity index (χ1n) is 8.33. The van der Waals surface area contributed by atoms with Gasteiger partial charge >= 0.3 is 5.97 Å². The van der Waals surface area contributed by atoms with Gasteiger partial charge in [0.1, 0.15) is 6.04 Å². The molecule has 0 unspecified atom stereocenters. The highest BCUT2D eigenvalue weighted by atomic mass is 16.5. The fraction of sp³-hybridized carbons (Fsp3) is 0.200. The molecule has 1 aromatic carbocycles. The Morgan fingerprint density at radius 1 is 1.11 bits per heavy atom. The van der Waals surface area contributed by atoms with E-state index in [0.29, 0.717) is 17.0 Å². The van der Waals surface area contributed by atoms with Crippen LogP contribution in [0.25, 0.3) is 10.9 Å². The quantitative estimate of drug-likeness (QED) is 0.673. The van der Waals surface area contributed by atoms with Crippen molar-refractivity contribution in [2.45, 2.75) is 12.5 Å². The number of amides is 1. The van der Waals surface area contributed by atoms with Gasteiger partial charge in [-0.3, -0.25) is 9.78 Å². The third kappa shape index (κ3) is 4.20. The number of carbonyl (C=O) groups excluding carboxylic acids is 2. The average Bonchev–Trinajstić information content (AvgIpc) is 2.72. The van der Waals surface area contributed by atoms with E-state index in [1.54, 1.807) is 24.4 Å². The van der Waals surface area contributed by atoms with Crippen LogP contribution in [0.15, 0.2) is 54.9 Å². The molecule has 0 radical (unpaired) electrons. The van der Waals surface area contributed by atoms with Crippen molar-refractivity contribution in [1.82, 2.24) is 15.3 Å². The molecule has 3 aromatic rings. The van der Waals surface area contributed by atoms with Crippen molar-refractivity contribution >= 4 is 22.8 Å². The molecule has 2 aromatic heterocycles. The van der Waals surface area contributed by atoms with E-state index >= 15 is 0 Å². The number of benzene rings is 1. The Kier molecular flexibility index (Phi) is 5.61. The minimum atomic E-state index is -0.882. The molecule has 1 atom stereocenters. The largest absolute Gasteiger partial charge is 0.481 e. The van der Waals surface area contributed by atoms with Crippen LogP contribution in [0.4, 0.5) is 0 Å². The first-order valence-corrected chi connectivity index (χ1v) is 8.33. The minimum absolute atomic E-state index is 0.191. The van der Waals surface area contributed by atoms with Crippen LogP contribution >= 0.6 is 0 Å². The molecule has 0 aliphatic rings. The van der Waals surface area contributed by atoms with Crippen molar-refractivity contribution in [3.05, 3.63) is 66.0 Å². The summed E-state index contributed by atoms with van der Waals surface area (Å²) in [5, 5.41) is 3.55. The second kappa shape index (κ2) is 8.27. The maximum atomic E-state index is 12.7. The van der Waals surface area contributed by atoms with Gasteiger partial charge in [0.2, 0.25) is 5.88 Å². The maximum absolute atomic E-state index is 12.7. The minimum Gasteiger partial charge on any atom is -0.481 e. The van der Waals surface area contributed by atoms with Crippen LogP contribution in [0.3, 0.4) is 0 Å². The molecule has 27 heavy (non-hydrogen) atoms. The van der Waals surface area contributed by atoms with E-state index in [1.807, 2.05) is 24.3 Å². The molecule has 0 aliphatic carbocycles. The molecule has 0 spiro atoms. The number of hydrogen-bond acceptors (Lipinski definition) is 6. The molecule has 0 aliphatic heterocycles. The summed E-state index contributed by atoms with van der Waals surface area (Å²) in [5.74, 6) is -0.567. The van der Waals surface area contributed by atoms with E-state index in [9.17, 15) is 9.59 Å². The van der Waals surface area contributed by atoms with Gasteiger partial charge in [0.15, 0.2) is 0 Å². The Bertz CT molecular complexity index is 974. The Morgan fingerprint density at radius 2 is 1.93 bits per heavy atom. The predicted molar refractivity (Wildman–Crippen MR) is 99.5 cm³/mol. The van der Waals surface area contributed by atoms with Gasteiger partial charge < -0.3 is 14.8 Å². The summed E-state index contributed by atoms with van der Waals surface area (Å²) in [6, 6.07) is 11.9. The standard InChI is InChI=1S/C20H19N3O4/c1-26-19-14(7-5-9-21-19)11-17(20(25)27-2)23-18(24)15-10-13-6-3-4-8-16(13)22-12-15/h3-10,12,17H,11H2,1-2H3,(H,23,24)/t17-/m0/s1. The highest BCUT2D eigenvalue weighted by Gasteiger charge is 2.24. The molecule has 7 nitrogen and oxygen atoms in total. The van der Waals surface area contributed by atoms with Crippen LogP contribution in [0.2, 0.25) is 0 Å². The van der Waals surface area contributed by atoms with Gasteiger partial charge in [-0.2, -0.15) is 0 Å². The molecule has 3 rings (SSSR count). The number of para-hydroxylation sites is 1. The monoisotopic (exact) mass is 365 g/mol. The summed E-state index contributed by atoms with van der Waals surface area (Å²) in [7, 11) is 2.78. The second-order valence-corrected chi connectivity index (χ2v) is 5.84. The summed E-state index contributed by atoms with van der Waals surface area (Å²) in [6.07, 6.45) is 3.27. The lowest BCUT2D eigenvalue weighted by molar-refractivity contribution is -0.142. The summed E-state index contributed by atoms with van der Waals surface area (Å²) in [4.78, 5) is 33.2. The fourth-order valence-electron chi connectivity index (χ4n) is 2.76. The van der Waals surface area contributed by atoms with Gasteiger partial charge in [0.05, 0.1) is 25.3 Å². The Labute approximate surface area is 156 Å². The topological polar surface area (TPSA) is 90.4 Å². The zero-order valence-corrected chi connectivity index (χ0v) is 15.0. The van der Waals surface area contributed by atoms with Crippen molar-refractivity contribution in [3.63, 3.8) is 0 Å². The molecule has 138 valence electrons. The van der Waals surface area contributed by atoms with Gasteiger partial charge in [0.25, 0.3) is 5.91 Å². The van der Waals surface area contributed by atoms with Gasteiger partial charge in [-0.25, -0.2) is 9.78 Å². The first kappa shape index (κ1) is 18.3. The van der Waals surface area contributed by atoms with Gasteiger partial charge in [-0.1, -0.05) is 24.3 Å². The van der Waals surface area contributed by atoms with E-state index in [2.05, 4.69) is 15.3 Å². The number of nitrogens with zero attached hydrogens (tertiary/aromatic N) is 2. The molecule has 1 N–H and O–H groups in total. The van der Waals surface area contributed by atoms with Crippen LogP contribution < -0.4 is 10.1 Å².